The number of halogens is 3. The maximum atomic E-state index is 12.2. The van der Waals surface area contributed by atoms with Gasteiger partial charge in [0.2, 0.25) is 0 Å². The molecule has 0 saturated carbocycles. The fourth-order valence-electron chi connectivity index (χ4n) is 2.05. The van der Waals surface area contributed by atoms with Crippen molar-refractivity contribution in [1.29, 1.82) is 0 Å². The van der Waals surface area contributed by atoms with Crippen molar-refractivity contribution in [3.05, 3.63) is 65.3 Å². The molecule has 25 heavy (non-hydrogen) atoms. The number of aromatic nitrogens is 3. The van der Waals surface area contributed by atoms with Crippen molar-refractivity contribution in [2.75, 3.05) is 0 Å². The molecule has 0 bridgehead atoms. The zero-order valence-electron chi connectivity index (χ0n) is 12.4. The van der Waals surface area contributed by atoms with Crippen LogP contribution < -0.4 is 4.74 Å². The first kappa shape index (κ1) is 16.3. The summed E-state index contributed by atoms with van der Waals surface area (Å²) in [6, 6.07) is 11.9. The second-order valence-corrected chi connectivity index (χ2v) is 4.79. The van der Waals surface area contributed by atoms with E-state index in [1.54, 1.807) is 24.3 Å². The molecule has 7 nitrogen and oxygen atoms in total. The summed E-state index contributed by atoms with van der Waals surface area (Å²) in [6.07, 6.45) is -3.29. The third kappa shape index (κ3) is 4.06. The highest BCUT2D eigenvalue weighted by atomic mass is 19.4. The monoisotopic (exact) mass is 346 g/mol. The number of benzene rings is 2. The van der Waals surface area contributed by atoms with Gasteiger partial charge in [-0.05, 0) is 29.8 Å². The van der Waals surface area contributed by atoms with E-state index >= 15 is 0 Å². The standard InChI is InChI=1S/C15H9F3N6O/c16-15(17,18)25-13-7-5-12(6-8-13)24-9-20-14(22-24)10-1-3-11(4-2-10)21-23-19/h1-9H. The maximum absolute atomic E-state index is 12.2. The van der Waals surface area contributed by atoms with Gasteiger partial charge in [0.1, 0.15) is 12.1 Å². The molecule has 0 saturated heterocycles. The van der Waals surface area contributed by atoms with Crippen LogP contribution in [0.5, 0.6) is 5.75 Å². The largest absolute Gasteiger partial charge is 0.573 e. The zero-order chi connectivity index (χ0) is 17.9. The Labute approximate surface area is 138 Å². The van der Waals surface area contributed by atoms with Crippen molar-refractivity contribution in [3.63, 3.8) is 0 Å². The van der Waals surface area contributed by atoms with Crippen molar-refractivity contribution < 1.29 is 17.9 Å². The molecule has 0 atom stereocenters. The normalized spacial score (nSPS) is 11.0. The zero-order valence-corrected chi connectivity index (χ0v) is 12.4. The smallest absolute Gasteiger partial charge is 0.406 e. The molecule has 1 aromatic heterocycles. The summed E-state index contributed by atoms with van der Waals surface area (Å²) < 4.78 is 41.7. The Hall–Kier alpha value is -3.52. The third-order valence-corrected chi connectivity index (χ3v) is 3.11. The number of alkyl halides is 3. The van der Waals surface area contributed by atoms with Gasteiger partial charge in [-0.2, -0.15) is 0 Å². The van der Waals surface area contributed by atoms with Crippen LogP contribution in [0, 0.1) is 0 Å². The van der Waals surface area contributed by atoms with E-state index in [4.69, 9.17) is 5.53 Å². The number of ether oxygens (including phenoxy) is 1. The van der Waals surface area contributed by atoms with Gasteiger partial charge < -0.3 is 4.74 Å². The highest BCUT2D eigenvalue weighted by molar-refractivity contribution is 5.58. The first-order valence-corrected chi connectivity index (χ1v) is 6.88. The minimum atomic E-state index is -4.73. The van der Waals surface area contributed by atoms with Crippen LogP contribution in [0.25, 0.3) is 27.5 Å². The molecular weight excluding hydrogens is 337 g/mol. The summed E-state index contributed by atoms with van der Waals surface area (Å²) in [5.74, 6) is 0.105. The van der Waals surface area contributed by atoms with Gasteiger partial charge in [-0.1, -0.05) is 29.4 Å². The van der Waals surface area contributed by atoms with Crippen LogP contribution in [-0.4, -0.2) is 21.1 Å². The third-order valence-electron chi connectivity index (χ3n) is 3.11. The molecule has 2 aromatic carbocycles. The Balaban J connectivity index is 1.80. The molecule has 0 amide bonds. The minimum absolute atomic E-state index is 0.315. The Kier molecular flexibility index (Phi) is 4.27. The van der Waals surface area contributed by atoms with Crippen LogP contribution in [0.4, 0.5) is 18.9 Å². The number of hydrogen-bond donors (Lipinski definition) is 0. The average molecular weight is 346 g/mol. The van der Waals surface area contributed by atoms with E-state index in [2.05, 4.69) is 24.8 Å². The van der Waals surface area contributed by atoms with Gasteiger partial charge in [0, 0.05) is 16.2 Å². The Morgan fingerprint density at radius 2 is 1.72 bits per heavy atom. The predicted molar refractivity (Wildman–Crippen MR) is 82.3 cm³/mol. The predicted octanol–water partition coefficient (Wildman–Crippen LogP) is 4.77. The van der Waals surface area contributed by atoms with Gasteiger partial charge in [0.15, 0.2) is 5.82 Å². The molecule has 1 heterocycles. The molecule has 0 fully saturated rings. The first-order valence-electron chi connectivity index (χ1n) is 6.88. The Morgan fingerprint density at radius 3 is 2.32 bits per heavy atom. The molecule has 10 heteroatoms. The van der Waals surface area contributed by atoms with E-state index in [0.29, 0.717) is 22.8 Å². The van der Waals surface area contributed by atoms with Gasteiger partial charge in [-0.25, -0.2) is 9.67 Å². The van der Waals surface area contributed by atoms with Crippen molar-refractivity contribution in [3.8, 4) is 22.8 Å². The topological polar surface area (TPSA) is 88.7 Å². The maximum Gasteiger partial charge on any atom is 0.573 e. The lowest BCUT2D eigenvalue weighted by Gasteiger charge is -2.09. The van der Waals surface area contributed by atoms with Crippen LogP contribution in [-0.2, 0) is 0 Å². The van der Waals surface area contributed by atoms with Crippen molar-refractivity contribution in [1.82, 2.24) is 14.8 Å². The second-order valence-electron chi connectivity index (χ2n) is 4.79. The molecule has 0 aliphatic carbocycles. The van der Waals surface area contributed by atoms with E-state index in [1.807, 2.05) is 0 Å². The lowest BCUT2D eigenvalue weighted by molar-refractivity contribution is -0.274. The second kappa shape index (κ2) is 6.54. The molecule has 3 aromatic rings. The molecule has 0 unspecified atom stereocenters. The first-order chi connectivity index (χ1) is 11.9. The van der Waals surface area contributed by atoms with Crippen LogP contribution in [0.1, 0.15) is 0 Å². The van der Waals surface area contributed by atoms with Gasteiger partial charge in [0.25, 0.3) is 0 Å². The van der Waals surface area contributed by atoms with Gasteiger partial charge in [0.05, 0.1) is 5.69 Å². The molecule has 126 valence electrons. The molecule has 0 radical (unpaired) electrons. The quantitative estimate of drug-likeness (QED) is 0.387. The number of rotatable bonds is 4. The summed E-state index contributed by atoms with van der Waals surface area (Å²) in [5, 5.41) is 7.74. The van der Waals surface area contributed by atoms with Crippen LogP contribution in [0.15, 0.2) is 60.0 Å². The van der Waals surface area contributed by atoms with Gasteiger partial charge in [-0.15, -0.1) is 18.3 Å². The molecule has 0 aliphatic rings. The minimum Gasteiger partial charge on any atom is -0.406 e. The average Bonchev–Trinajstić information content (AvgIpc) is 3.05. The highest BCUT2D eigenvalue weighted by Gasteiger charge is 2.30. The fourth-order valence-corrected chi connectivity index (χ4v) is 2.05. The van der Waals surface area contributed by atoms with Crippen LogP contribution in [0.3, 0.4) is 0 Å². The SMILES string of the molecule is [N-]=[N+]=Nc1ccc(-c2ncn(-c3ccc(OC(F)(F)F)cc3)n2)cc1. The van der Waals surface area contributed by atoms with Crippen molar-refractivity contribution in [2.24, 2.45) is 5.11 Å². The molecule has 0 spiro atoms. The Morgan fingerprint density at radius 1 is 1.04 bits per heavy atom. The highest BCUT2D eigenvalue weighted by Crippen LogP contribution is 2.24. The molecular formula is C15H9F3N6O. The molecule has 0 N–H and O–H groups in total. The van der Waals surface area contributed by atoms with E-state index in [1.165, 1.54) is 35.3 Å². The Bertz CT molecular complexity index is 912. The molecule has 0 aliphatic heterocycles. The summed E-state index contributed by atoms with van der Waals surface area (Å²) in [5.41, 5.74) is 10.1. The summed E-state index contributed by atoms with van der Waals surface area (Å²) in [6.45, 7) is 0. The van der Waals surface area contributed by atoms with Gasteiger partial charge >= 0.3 is 6.36 Å². The van der Waals surface area contributed by atoms with Gasteiger partial charge in [-0.3, -0.25) is 0 Å². The van der Waals surface area contributed by atoms with E-state index in [9.17, 15) is 13.2 Å². The van der Waals surface area contributed by atoms with Crippen molar-refractivity contribution >= 4 is 5.69 Å². The number of hydrogen-bond acceptors (Lipinski definition) is 4. The number of azide groups is 1. The summed E-state index contributed by atoms with van der Waals surface area (Å²) >= 11 is 0. The van der Waals surface area contributed by atoms with Crippen LogP contribution >= 0.6 is 0 Å². The van der Waals surface area contributed by atoms with E-state index in [-0.39, 0.29) is 5.75 Å². The lowest BCUT2D eigenvalue weighted by atomic mass is 10.2. The lowest BCUT2D eigenvalue weighted by Crippen LogP contribution is -2.17. The number of nitrogens with zero attached hydrogens (tertiary/aromatic N) is 6. The summed E-state index contributed by atoms with van der Waals surface area (Å²) in [7, 11) is 0. The van der Waals surface area contributed by atoms with E-state index in [0.717, 1.165) is 0 Å². The van der Waals surface area contributed by atoms with Crippen molar-refractivity contribution in [2.45, 2.75) is 6.36 Å². The fraction of sp³-hybridized carbons (Fsp3) is 0.0667. The molecule has 3 rings (SSSR count). The summed E-state index contributed by atoms with van der Waals surface area (Å²) in [4.78, 5) is 6.85. The van der Waals surface area contributed by atoms with Crippen LogP contribution in [0.2, 0.25) is 0 Å². The van der Waals surface area contributed by atoms with E-state index < -0.39 is 6.36 Å².